The van der Waals surface area contributed by atoms with Crippen LogP contribution in [0.2, 0.25) is 0 Å². The second-order valence-electron chi connectivity index (χ2n) is 4.00. The summed E-state index contributed by atoms with van der Waals surface area (Å²) < 4.78 is 0. The summed E-state index contributed by atoms with van der Waals surface area (Å²) in [7, 11) is 0. The molecule has 15 heavy (non-hydrogen) atoms. The second kappa shape index (κ2) is 10.4. The fourth-order valence-corrected chi connectivity index (χ4v) is 1.39. The van der Waals surface area contributed by atoms with E-state index in [1.165, 1.54) is 19.3 Å². The highest BCUT2D eigenvalue weighted by Gasteiger charge is 2.05. The minimum absolute atomic E-state index is 0.237. The largest absolute Gasteiger partial charge is 0.394 e. The van der Waals surface area contributed by atoms with Crippen LogP contribution in [0.4, 0.5) is 0 Å². The number of rotatable bonds is 10. The van der Waals surface area contributed by atoms with Crippen LogP contribution in [-0.2, 0) is 0 Å². The molecular formula is C11H25NO3. The van der Waals surface area contributed by atoms with E-state index in [-0.39, 0.29) is 12.7 Å². The summed E-state index contributed by atoms with van der Waals surface area (Å²) in [6.45, 7) is 2.75. The quantitative estimate of drug-likeness (QED) is 0.398. The van der Waals surface area contributed by atoms with Crippen molar-refractivity contribution in [2.75, 3.05) is 19.7 Å². The van der Waals surface area contributed by atoms with Gasteiger partial charge in [-0.2, -0.15) is 0 Å². The summed E-state index contributed by atoms with van der Waals surface area (Å²) in [5, 5.41) is 30.0. The first-order valence-corrected chi connectivity index (χ1v) is 5.88. The highest BCUT2D eigenvalue weighted by molar-refractivity contribution is 4.63. The van der Waals surface area contributed by atoms with Gasteiger partial charge in [-0.15, -0.1) is 0 Å². The third kappa shape index (κ3) is 10.1. The summed E-state index contributed by atoms with van der Waals surface area (Å²) in [6, 6.07) is 0. The van der Waals surface area contributed by atoms with Crippen LogP contribution in [0, 0.1) is 0 Å². The van der Waals surface area contributed by atoms with Crippen LogP contribution in [0.1, 0.15) is 39.0 Å². The zero-order valence-corrected chi connectivity index (χ0v) is 9.65. The summed E-state index contributed by atoms with van der Waals surface area (Å²) >= 11 is 0. The molecule has 0 fully saturated rings. The first-order chi connectivity index (χ1) is 7.20. The molecule has 0 bridgehead atoms. The van der Waals surface area contributed by atoms with E-state index in [0.29, 0.717) is 13.1 Å². The lowest BCUT2D eigenvalue weighted by atomic mass is 10.1. The molecule has 0 aromatic carbocycles. The summed E-state index contributed by atoms with van der Waals surface area (Å²) in [4.78, 5) is 0. The van der Waals surface area contributed by atoms with Gasteiger partial charge in [0.25, 0.3) is 0 Å². The molecule has 0 radical (unpaired) electrons. The molecular weight excluding hydrogens is 194 g/mol. The van der Waals surface area contributed by atoms with Crippen molar-refractivity contribution in [1.82, 2.24) is 5.32 Å². The maximum atomic E-state index is 9.53. The lowest BCUT2D eigenvalue weighted by molar-refractivity contribution is 0.0880. The Balaban J connectivity index is 3.21. The second-order valence-corrected chi connectivity index (χ2v) is 4.00. The summed E-state index contributed by atoms with van der Waals surface area (Å²) in [6.07, 6.45) is 4.40. The van der Waals surface area contributed by atoms with Gasteiger partial charge < -0.3 is 20.6 Å². The van der Waals surface area contributed by atoms with Crippen LogP contribution in [0.5, 0.6) is 0 Å². The Bertz CT molecular complexity index is 133. The minimum Gasteiger partial charge on any atom is -0.394 e. The van der Waals surface area contributed by atoms with Crippen molar-refractivity contribution in [1.29, 1.82) is 0 Å². The van der Waals surface area contributed by atoms with Gasteiger partial charge in [0.15, 0.2) is 0 Å². The van der Waals surface area contributed by atoms with Gasteiger partial charge in [-0.3, -0.25) is 0 Å². The van der Waals surface area contributed by atoms with E-state index in [2.05, 4.69) is 12.2 Å². The first kappa shape index (κ1) is 14.8. The van der Waals surface area contributed by atoms with E-state index in [9.17, 15) is 5.11 Å². The fraction of sp³-hybridized carbons (Fsp3) is 1.00. The number of nitrogens with one attached hydrogen (secondary N) is 1. The molecule has 4 N–H and O–H groups in total. The van der Waals surface area contributed by atoms with E-state index in [1.54, 1.807) is 0 Å². The summed E-state index contributed by atoms with van der Waals surface area (Å²) in [5.74, 6) is 0. The lowest BCUT2D eigenvalue weighted by Gasteiger charge is -2.13. The number of hydrogen-bond donors (Lipinski definition) is 4. The molecule has 92 valence electrons. The van der Waals surface area contributed by atoms with Gasteiger partial charge in [-0.05, 0) is 6.42 Å². The van der Waals surface area contributed by atoms with Gasteiger partial charge in [-0.1, -0.05) is 32.6 Å². The van der Waals surface area contributed by atoms with Crippen LogP contribution in [0.3, 0.4) is 0 Å². The smallest absolute Gasteiger partial charge is 0.0894 e. The lowest BCUT2D eigenvalue weighted by Crippen LogP contribution is -2.34. The molecule has 0 rings (SSSR count). The number of aliphatic hydroxyl groups is 3. The summed E-state index contributed by atoms with van der Waals surface area (Å²) in [5.41, 5.74) is 0. The van der Waals surface area contributed by atoms with Gasteiger partial charge >= 0.3 is 0 Å². The predicted molar refractivity (Wildman–Crippen MR) is 60.7 cm³/mol. The van der Waals surface area contributed by atoms with Crippen molar-refractivity contribution < 1.29 is 15.3 Å². The molecule has 0 saturated heterocycles. The van der Waals surface area contributed by atoms with Crippen LogP contribution in [0.15, 0.2) is 0 Å². The van der Waals surface area contributed by atoms with Gasteiger partial charge in [0.2, 0.25) is 0 Å². The van der Waals surface area contributed by atoms with Crippen molar-refractivity contribution in [2.45, 2.75) is 51.2 Å². The maximum absolute atomic E-state index is 9.53. The number of aliphatic hydroxyl groups excluding tert-OH is 3. The normalized spacial score (nSPS) is 15.2. The van der Waals surface area contributed by atoms with Crippen LogP contribution in [0.25, 0.3) is 0 Å². The van der Waals surface area contributed by atoms with Crippen LogP contribution < -0.4 is 5.32 Å². The van der Waals surface area contributed by atoms with Crippen LogP contribution in [-0.4, -0.2) is 47.2 Å². The monoisotopic (exact) mass is 219 g/mol. The molecule has 0 spiro atoms. The minimum atomic E-state index is -0.725. The molecule has 0 amide bonds. The molecule has 2 unspecified atom stereocenters. The van der Waals surface area contributed by atoms with Crippen LogP contribution >= 0.6 is 0 Å². The highest BCUT2D eigenvalue weighted by Crippen LogP contribution is 2.04. The average molecular weight is 219 g/mol. The highest BCUT2D eigenvalue weighted by atomic mass is 16.3. The molecule has 4 nitrogen and oxygen atoms in total. The van der Waals surface area contributed by atoms with Crippen molar-refractivity contribution >= 4 is 0 Å². The molecule has 0 aromatic heterocycles. The third-order valence-electron chi connectivity index (χ3n) is 2.36. The van der Waals surface area contributed by atoms with Gasteiger partial charge in [0.1, 0.15) is 0 Å². The standard InChI is InChI=1S/C11H25NO3/c1-2-3-4-5-6-10(14)7-12-8-11(15)9-13/h10-15H,2-9H2,1H3. The molecule has 0 aromatic rings. The van der Waals surface area contributed by atoms with Gasteiger partial charge in [0, 0.05) is 13.1 Å². The Kier molecular flexibility index (Phi) is 10.3. The van der Waals surface area contributed by atoms with Crippen molar-refractivity contribution in [3.63, 3.8) is 0 Å². The molecule has 0 aliphatic carbocycles. The SMILES string of the molecule is CCCCCCC(O)CNCC(O)CO. The van der Waals surface area contributed by atoms with E-state index in [0.717, 1.165) is 12.8 Å². The third-order valence-corrected chi connectivity index (χ3v) is 2.36. The van der Waals surface area contributed by atoms with E-state index in [4.69, 9.17) is 10.2 Å². The number of hydrogen-bond acceptors (Lipinski definition) is 4. The zero-order valence-electron chi connectivity index (χ0n) is 9.65. The first-order valence-electron chi connectivity index (χ1n) is 5.88. The molecule has 0 saturated carbocycles. The van der Waals surface area contributed by atoms with Crippen molar-refractivity contribution in [3.05, 3.63) is 0 Å². The maximum Gasteiger partial charge on any atom is 0.0894 e. The molecule has 4 heteroatoms. The van der Waals surface area contributed by atoms with Gasteiger partial charge in [-0.25, -0.2) is 0 Å². The Hall–Kier alpha value is -0.160. The Labute approximate surface area is 92.3 Å². The zero-order chi connectivity index (χ0) is 11.5. The Morgan fingerprint density at radius 1 is 1.00 bits per heavy atom. The Morgan fingerprint density at radius 2 is 1.67 bits per heavy atom. The van der Waals surface area contributed by atoms with E-state index < -0.39 is 6.10 Å². The topological polar surface area (TPSA) is 72.7 Å². The number of unbranched alkanes of at least 4 members (excludes halogenated alkanes) is 3. The molecule has 2 atom stereocenters. The van der Waals surface area contributed by atoms with E-state index in [1.807, 2.05) is 0 Å². The Morgan fingerprint density at radius 3 is 2.27 bits per heavy atom. The molecule has 0 aliphatic rings. The average Bonchev–Trinajstić information content (AvgIpc) is 2.24. The van der Waals surface area contributed by atoms with Crippen molar-refractivity contribution in [2.24, 2.45) is 0 Å². The molecule has 0 aliphatic heterocycles. The van der Waals surface area contributed by atoms with Gasteiger partial charge in [0.05, 0.1) is 18.8 Å². The van der Waals surface area contributed by atoms with E-state index >= 15 is 0 Å². The molecule has 0 heterocycles. The predicted octanol–water partition coefficient (Wildman–Crippen LogP) is 0.261. The fourth-order valence-electron chi connectivity index (χ4n) is 1.39. The van der Waals surface area contributed by atoms with Crippen molar-refractivity contribution in [3.8, 4) is 0 Å².